The quantitative estimate of drug-likeness (QED) is 0.442. The highest BCUT2D eigenvalue weighted by molar-refractivity contribution is 5.96. The van der Waals surface area contributed by atoms with Crippen molar-refractivity contribution in [2.45, 2.75) is 13.8 Å². The Balaban J connectivity index is 1.63. The third-order valence-electron chi connectivity index (χ3n) is 4.40. The number of hydrogen-bond donors (Lipinski definition) is 0. The van der Waals surface area contributed by atoms with Crippen LogP contribution in [0.1, 0.15) is 34.8 Å². The molecule has 0 spiro atoms. The summed E-state index contributed by atoms with van der Waals surface area (Å²) in [5.74, 6) is -0.585. The number of likely N-dealkylation sites (N-methyl/N-ethyl adjacent to an activating group) is 1. The first-order valence-corrected chi connectivity index (χ1v) is 9.23. The minimum atomic E-state index is -0.714. The molecule has 1 aromatic heterocycles. The van der Waals surface area contributed by atoms with Gasteiger partial charge in [0.2, 0.25) is 5.76 Å². The number of carbonyl (C=O) groups is 3. The van der Waals surface area contributed by atoms with Crippen LogP contribution >= 0.6 is 0 Å². The van der Waals surface area contributed by atoms with Gasteiger partial charge in [0.1, 0.15) is 5.76 Å². The molecule has 148 valence electrons. The molecule has 29 heavy (non-hydrogen) atoms. The Labute approximate surface area is 168 Å². The van der Waals surface area contributed by atoms with Crippen LogP contribution in [-0.2, 0) is 9.53 Å². The summed E-state index contributed by atoms with van der Waals surface area (Å²) in [6.45, 7) is 3.42. The van der Waals surface area contributed by atoms with E-state index in [4.69, 9.17) is 9.15 Å². The zero-order valence-electron chi connectivity index (χ0n) is 16.3. The van der Waals surface area contributed by atoms with Crippen LogP contribution < -0.4 is 4.90 Å². The molecule has 1 heterocycles. The van der Waals surface area contributed by atoms with Crippen molar-refractivity contribution in [3.8, 4) is 11.3 Å². The van der Waals surface area contributed by atoms with Crippen LogP contribution in [0.25, 0.3) is 11.3 Å². The summed E-state index contributed by atoms with van der Waals surface area (Å²) in [7, 11) is 0. The van der Waals surface area contributed by atoms with Gasteiger partial charge in [0.25, 0.3) is 5.91 Å². The summed E-state index contributed by atoms with van der Waals surface area (Å²) in [5.41, 5.74) is 2.06. The number of benzene rings is 2. The van der Waals surface area contributed by atoms with Gasteiger partial charge in [-0.1, -0.05) is 42.5 Å². The lowest BCUT2D eigenvalue weighted by molar-refractivity contribution is -0.121. The highest BCUT2D eigenvalue weighted by Crippen LogP contribution is 2.23. The lowest BCUT2D eigenvalue weighted by Crippen LogP contribution is -2.34. The number of amides is 1. The van der Waals surface area contributed by atoms with Crippen LogP contribution in [0.15, 0.2) is 71.1 Å². The molecule has 0 N–H and O–H groups in total. The van der Waals surface area contributed by atoms with E-state index in [1.165, 1.54) is 17.9 Å². The molecule has 3 rings (SSSR count). The van der Waals surface area contributed by atoms with Gasteiger partial charge in [0.05, 0.1) is 0 Å². The molecule has 0 saturated carbocycles. The van der Waals surface area contributed by atoms with E-state index in [0.29, 0.717) is 17.9 Å². The van der Waals surface area contributed by atoms with Crippen LogP contribution in [0.3, 0.4) is 0 Å². The van der Waals surface area contributed by atoms with Crippen molar-refractivity contribution in [1.82, 2.24) is 0 Å². The third kappa shape index (κ3) is 4.79. The Morgan fingerprint density at radius 3 is 2.24 bits per heavy atom. The first-order chi connectivity index (χ1) is 14.0. The Morgan fingerprint density at radius 2 is 1.62 bits per heavy atom. The molecule has 0 aliphatic carbocycles. The Bertz CT molecular complexity index is 1010. The third-order valence-corrected chi connectivity index (χ3v) is 4.40. The van der Waals surface area contributed by atoms with E-state index in [1.54, 1.807) is 30.3 Å². The number of esters is 1. The number of ether oxygens (including phenoxy) is 1. The minimum absolute atomic E-state index is 0.00574. The standard InChI is InChI=1S/C23H21NO5/c1-3-24(19-7-5-4-6-8-19)22(26)15-28-23(27)21-14-13-20(29-21)18-11-9-17(10-12-18)16(2)25/h4-14H,3,15H2,1-2H3. The van der Waals surface area contributed by atoms with E-state index in [0.717, 1.165) is 11.3 Å². The zero-order valence-corrected chi connectivity index (χ0v) is 16.3. The number of ketones is 1. The molecule has 0 aliphatic rings. The van der Waals surface area contributed by atoms with Gasteiger partial charge in [0, 0.05) is 23.4 Å². The Kier molecular flexibility index (Phi) is 6.24. The van der Waals surface area contributed by atoms with Gasteiger partial charge in [-0.2, -0.15) is 0 Å². The van der Waals surface area contributed by atoms with Crippen molar-refractivity contribution in [3.05, 3.63) is 78.1 Å². The smallest absolute Gasteiger partial charge is 0.374 e. The molecule has 1 amide bonds. The predicted octanol–water partition coefficient (Wildman–Crippen LogP) is 4.36. The van der Waals surface area contributed by atoms with Gasteiger partial charge in [-0.05, 0) is 38.1 Å². The number of Topliss-reactive ketones (excluding diaryl/α,β-unsaturated/α-hetero) is 1. The van der Waals surface area contributed by atoms with Crippen molar-refractivity contribution in [1.29, 1.82) is 0 Å². The Hall–Kier alpha value is -3.67. The molecule has 0 radical (unpaired) electrons. The number of rotatable bonds is 7. The van der Waals surface area contributed by atoms with Crippen molar-refractivity contribution < 1.29 is 23.5 Å². The van der Waals surface area contributed by atoms with Crippen molar-refractivity contribution >= 4 is 23.3 Å². The maximum Gasteiger partial charge on any atom is 0.374 e. The van der Waals surface area contributed by atoms with Gasteiger partial charge in [-0.3, -0.25) is 9.59 Å². The van der Waals surface area contributed by atoms with E-state index < -0.39 is 5.97 Å². The van der Waals surface area contributed by atoms with Crippen molar-refractivity contribution in [2.75, 3.05) is 18.1 Å². The van der Waals surface area contributed by atoms with E-state index in [-0.39, 0.29) is 24.1 Å². The maximum absolute atomic E-state index is 12.4. The van der Waals surface area contributed by atoms with Crippen LogP contribution in [-0.4, -0.2) is 30.8 Å². The summed E-state index contributed by atoms with van der Waals surface area (Å²) >= 11 is 0. The van der Waals surface area contributed by atoms with Crippen LogP contribution in [0, 0.1) is 0 Å². The SMILES string of the molecule is CCN(C(=O)COC(=O)c1ccc(-c2ccc(C(C)=O)cc2)o1)c1ccccc1. The number of hydrogen-bond acceptors (Lipinski definition) is 5. The van der Waals surface area contributed by atoms with Gasteiger partial charge in [-0.15, -0.1) is 0 Å². The first-order valence-electron chi connectivity index (χ1n) is 9.23. The summed E-state index contributed by atoms with van der Waals surface area (Å²) in [4.78, 5) is 37.6. The number of carbonyl (C=O) groups excluding carboxylic acids is 3. The molecule has 0 fully saturated rings. The number of para-hydroxylation sites is 1. The second-order valence-corrected chi connectivity index (χ2v) is 6.35. The average Bonchev–Trinajstić information content (AvgIpc) is 3.24. The summed E-state index contributed by atoms with van der Waals surface area (Å²) < 4.78 is 10.7. The van der Waals surface area contributed by atoms with Crippen molar-refractivity contribution in [2.24, 2.45) is 0 Å². The molecule has 0 bridgehead atoms. The molecule has 6 heteroatoms. The van der Waals surface area contributed by atoms with Crippen molar-refractivity contribution in [3.63, 3.8) is 0 Å². The fourth-order valence-corrected chi connectivity index (χ4v) is 2.86. The molecule has 0 unspecified atom stereocenters. The fraction of sp³-hybridized carbons (Fsp3) is 0.174. The fourth-order valence-electron chi connectivity index (χ4n) is 2.86. The molecule has 3 aromatic rings. The molecule has 0 atom stereocenters. The van der Waals surface area contributed by atoms with E-state index >= 15 is 0 Å². The predicted molar refractivity (Wildman–Crippen MR) is 109 cm³/mol. The largest absolute Gasteiger partial charge is 0.450 e. The molecule has 0 aliphatic heterocycles. The lowest BCUT2D eigenvalue weighted by Gasteiger charge is -2.20. The molecular weight excluding hydrogens is 370 g/mol. The van der Waals surface area contributed by atoms with Gasteiger partial charge < -0.3 is 14.1 Å². The van der Waals surface area contributed by atoms with Gasteiger partial charge in [-0.25, -0.2) is 4.79 Å². The normalized spacial score (nSPS) is 10.4. The van der Waals surface area contributed by atoms with Gasteiger partial charge in [0.15, 0.2) is 12.4 Å². The zero-order chi connectivity index (χ0) is 20.8. The minimum Gasteiger partial charge on any atom is -0.450 e. The monoisotopic (exact) mass is 391 g/mol. The molecular formula is C23H21NO5. The number of furan rings is 1. The first kappa shape index (κ1) is 20.1. The number of nitrogens with zero attached hydrogens (tertiary/aromatic N) is 1. The topological polar surface area (TPSA) is 76.8 Å². The summed E-state index contributed by atoms with van der Waals surface area (Å²) in [6.07, 6.45) is 0. The highest BCUT2D eigenvalue weighted by atomic mass is 16.5. The number of anilines is 1. The summed E-state index contributed by atoms with van der Waals surface area (Å²) in [5, 5.41) is 0. The van der Waals surface area contributed by atoms with Gasteiger partial charge >= 0.3 is 5.97 Å². The average molecular weight is 391 g/mol. The molecule has 2 aromatic carbocycles. The molecule has 0 saturated heterocycles. The van der Waals surface area contributed by atoms with Crippen LogP contribution in [0.2, 0.25) is 0 Å². The second-order valence-electron chi connectivity index (χ2n) is 6.35. The lowest BCUT2D eigenvalue weighted by atomic mass is 10.1. The highest BCUT2D eigenvalue weighted by Gasteiger charge is 2.19. The van der Waals surface area contributed by atoms with Crippen LogP contribution in [0.5, 0.6) is 0 Å². The maximum atomic E-state index is 12.4. The Morgan fingerprint density at radius 1 is 0.931 bits per heavy atom. The summed E-state index contributed by atoms with van der Waals surface area (Å²) in [6, 6.07) is 19.2. The van der Waals surface area contributed by atoms with E-state index in [9.17, 15) is 14.4 Å². The van der Waals surface area contributed by atoms with E-state index in [1.807, 2.05) is 37.3 Å². The van der Waals surface area contributed by atoms with E-state index in [2.05, 4.69) is 0 Å². The van der Waals surface area contributed by atoms with Crippen LogP contribution in [0.4, 0.5) is 5.69 Å². The molecule has 6 nitrogen and oxygen atoms in total. The second kappa shape index (κ2) is 9.01.